The van der Waals surface area contributed by atoms with Gasteiger partial charge in [-0.1, -0.05) is 65.2 Å². The van der Waals surface area contributed by atoms with Crippen LogP contribution in [0.5, 0.6) is 0 Å². The predicted octanol–water partition coefficient (Wildman–Crippen LogP) is 4.69. The summed E-state index contributed by atoms with van der Waals surface area (Å²) >= 11 is 0. The van der Waals surface area contributed by atoms with Crippen molar-refractivity contribution >= 4 is 23.9 Å². The van der Waals surface area contributed by atoms with Crippen LogP contribution < -0.4 is 0 Å². The van der Waals surface area contributed by atoms with Gasteiger partial charge in [0.2, 0.25) is 0 Å². The number of esters is 4. The molecule has 2 saturated carbocycles. The lowest BCUT2D eigenvalue weighted by Gasteiger charge is -2.27. The average molecular weight is 595 g/mol. The SMILES string of the molecule is CCCCCCCOC(=O)C1CC2OC2CC1C(=O)OCCOC(=O)C1CC2OC2CC1C(=O)OCCCCCCC. The van der Waals surface area contributed by atoms with Crippen LogP contribution in [0, 0.1) is 23.7 Å². The maximum atomic E-state index is 12.9. The predicted molar refractivity (Wildman–Crippen MR) is 151 cm³/mol. The molecule has 42 heavy (non-hydrogen) atoms. The highest BCUT2D eigenvalue weighted by Crippen LogP contribution is 2.45. The highest BCUT2D eigenvalue weighted by Gasteiger charge is 2.54. The van der Waals surface area contributed by atoms with Crippen LogP contribution in [0.4, 0.5) is 0 Å². The third-order valence-electron chi connectivity index (χ3n) is 9.06. The van der Waals surface area contributed by atoms with Gasteiger partial charge in [0.15, 0.2) is 0 Å². The van der Waals surface area contributed by atoms with Crippen molar-refractivity contribution in [2.45, 2.75) is 128 Å². The van der Waals surface area contributed by atoms with Gasteiger partial charge in [-0.2, -0.15) is 0 Å². The molecule has 0 aromatic rings. The van der Waals surface area contributed by atoms with E-state index in [1.165, 1.54) is 12.8 Å². The first kappa shape index (κ1) is 32.7. The third kappa shape index (κ3) is 9.66. The first-order valence-electron chi connectivity index (χ1n) is 16.4. The number of hydrogen-bond donors (Lipinski definition) is 0. The molecule has 0 bridgehead atoms. The molecule has 0 aromatic heterocycles. The van der Waals surface area contributed by atoms with E-state index in [0.29, 0.717) is 38.9 Å². The zero-order valence-electron chi connectivity index (χ0n) is 25.4. The summed E-state index contributed by atoms with van der Waals surface area (Å²) in [5.74, 6) is -4.21. The van der Waals surface area contributed by atoms with Crippen molar-refractivity contribution < 1.29 is 47.6 Å². The zero-order chi connectivity index (χ0) is 29.9. The highest BCUT2D eigenvalue weighted by molar-refractivity contribution is 5.83. The molecule has 10 heteroatoms. The van der Waals surface area contributed by atoms with E-state index in [0.717, 1.165) is 51.4 Å². The van der Waals surface area contributed by atoms with E-state index in [-0.39, 0.29) is 49.6 Å². The van der Waals surface area contributed by atoms with Crippen LogP contribution in [0.3, 0.4) is 0 Å². The summed E-state index contributed by atoms with van der Waals surface area (Å²) in [6.45, 7) is 4.76. The molecule has 4 rings (SSSR count). The van der Waals surface area contributed by atoms with Gasteiger partial charge in [-0.15, -0.1) is 0 Å². The number of fused-ring (bicyclic) bond motifs is 2. The van der Waals surface area contributed by atoms with Gasteiger partial charge in [0, 0.05) is 0 Å². The molecule has 4 aliphatic rings. The Kier molecular flexibility index (Phi) is 12.9. The molecule has 0 aromatic carbocycles. The lowest BCUT2D eigenvalue weighted by atomic mass is 9.79. The first-order chi connectivity index (χ1) is 20.4. The summed E-state index contributed by atoms with van der Waals surface area (Å²) in [5, 5.41) is 0. The number of rotatable bonds is 19. The monoisotopic (exact) mass is 594 g/mol. The molecule has 0 amide bonds. The third-order valence-corrected chi connectivity index (χ3v) is 9.06. The number of ether oxygens (including phenoxy) is 6. The smallest absolute Gasteiger partial charge is 0.310 e. The van der Waals surface area contributed by atoms with E-state index in [4.69, 9.17) is 28.4 Å². The van der Waals surface area contributed by atoms with Crippen LogP contribution in [0.1, 0.15) is 104 Å². The van der Waals surface area contributed by atoms with Gasteiger partial charge in [0.05, 0.1) is 61.3 Å². The minimum atomic E-state index is -0.638. The molecule has 2 aliphatic heterocycles. The maximum Gasteiger partial charge on any atom is 0.310 e. The van der Waals surface area contributed by atoms with Crippen LogP contribution in [0.15, 0.2) is 0 Å². The summed E-state index contributed by atoms with van der Waals surface area (Å²) in [6, 6.07) is 0. The summed E-state index contributed by atoms with van der Waals surface area (Å²) in [7, 11) is 0. The lowest BCUT2D eigenvalue weighted by molar-refractivity contribution is -0.167. The van der Waals surface area contributed by atoms with Crippen molar-refractivity contribution in [2.24, 2.45) is 23.7 Å². The van der Waals surface area contributed by atoms with Crippen LogP contribution in [-0.2, 0) is 47.6 Å². The van der Waals surface area contributed by atoms with Crippen molar-refractivity contribution in [3.8, 4) is 0 Å². The second-order valence-corrected chi connectivity index (χ2v) is 12.3. The second-order valence-electron chi connectivity index (χ2n) is 12.3. The molecule has 2 aliphatic carbocycles. The van der Waals surface area contributed by atoms with Crippen LogP contribution in [0.25, 0.3) is 0 Å². The summed E-state index contributed by atoms with van der Waals surface area (Å²) in [6.07, 6.45) is 12.3. The fourth-order valence-corrected chi connectivity index (χ4v) is 6.36. The molecule has 0 radical (unpaired) electrons. The fourth-order valence-electron chi connectivity index (χ4n) is 6.36. The van der Waals surface area contributed by atoms with Gasteiger partial charge in [0.1, 0.15) is 13.2 Å². The van der Waals surface area contributed by atoms with Gasteiger partial charge in [0.25, 0.3) is 0 Å². The topological polar surface area (TPSA) is 130 Å². The molecule has 2 saturated heterocycles. The molecule has 8 atom stereocenters. The van der Waals surface area contributed by atoms with E-state index in [1.54, 1.807) is 0 Å². The largest absolute Gasteiger partial charge is 0.465 e. The standard InChI is InChI=1S/C32H50O10/c1-3-5-7-9-11-13-37-29(33)21-17-25-27(41-25)19-23(21)31(35)39-15-16-40-32(36)24-20-28-26(42-28)18-22(24)30(34)38-14-12-10-8-6-4-2/h21-28H,3-20H2,1-2H3. The Hall–Kier alpha value is -2.20. The normalized spacial score (nSPS) is 30.8. The Morgan fingerprint density at radius 3 is 1.05 bits per heavy atom. The highest BCUT2D eigenvalue weighted by atomic mass is 16.6. The van der Waals surface area contributed by atoms with E-state index >= 15 is 0 Å². The molecule has 0 spiro atoms. The van der Waals surface area contributed by atoms with Crippen molar-refractivity contribution in [3.05, 3.63) is 0 Å². The van der Waals surface area contributed by atoms with Gasteiger partial charge < -0.3 is 28.4 Å². The van der Waals surface area contributed by atoms with E-state index in [9.17, 15) is 19.2 Å². The zero-order valence-corrected chi connectivity index (χ0v) is 25.4. The molecule has 0 N–H and O–H groups in total. The number of unbranched alkanes of at least 4 members (excludes halogenated alkanes) is 8. The van der Waals surface area contributed by atoms with Crippen LogP contribution >= 0.6 is 0 Å². The Balaban J connectivity index is 1.17. The molecular formula is C32H50O10. The van der Waals surface area contributed by atoms with Crippen molar-refractivity contribution in [2.75, 3.05) is 26.4 Å². The molecule has 4 fully saturated rings. The molecule has 10 nitrogen and oxygen atoms in total. The molecular weight excluding hydrogens is 544 g/mol. The summed E-state index contributed by atoms with van der Waals surface area (Å²) in [5.41, 5.74) is 0. The van der Waals surface area contributed by atoms with Crippen molar-refractivity contribution in [3.63, 3.8) is 0 Å². The summed E-state index contributed by atoms with van der Waals surface area (Å²) < 4.78 is 33.1. The number of carbonyl (C=O) groups excluding carboxylic acids is 4. The maximum absolute atomic E-state index is 12.9. The Labute approximate surface area is 249 Å². The molecule has 238 valence electrons. The number of carbonyl (C=O) groups is 4. The van der Waals surface area contributed by atoms with Crippen LogP contribution in [-0.4, -0.2) is 74.7 Å². The first-order valence-corrected chi connectivity index (χ1v) is 16.4. The quantitative estimate of drug-likeness (QED) is 0.0899. The van der Waals surface area contributed by atoms with E-state index in [2.05, 4.69) is 13.8 Å². The molecule has 8 unspecified atom stereocenters. The second kappa shape index (κ2) is 16.6. The van der Waals surface area contributed by atoms with Gasteiger partial charge >= 0.3 is 23.9 Å². The molecule has 2 heterocycles. The number of epoxide rings is 2. The Morgan fingerprint density at radius 2 is 0.738 bits per heavy atom. The lowest BCUT2D eigenvalue weighted by Crippen LogP contribution is -2.39. The van der Waals surface area contributed by atoms with E-state index in [1.807, 2.05) is 0 Å². The summed E-state index contributed by atoms with van der Waals surface area (Å²) in [4.78, 5) is 51.5. The van der Waals surface area contributed by atoms with Crippen molar-refractivity contribution in [1.29, 1.82) is 0 Å². The van der Waals surface area contributed by atoms with Gasteiger partial charge in [-0.05, 0) is 38.5 Å². The minimum absolute atomic E-state index is 0.00309. The Bertz CT molecular complexity index is 834. The van der Waals surface area contributed by atoms with Gasteiger partial charge in [-0.25, -0.2) is 0 Å². The van der Waals surface area contributed by atoms with Gasteiger partial charge in [-0.3, -0.25) is 19.2 Å². The minimum Gasteiger partial charge on any atom is -0.465 e. The Morgan fingerprint density at radius 1 is 0.452 bits per heavy atom. The van der Waals surface area contributed by atoms with E-state index < -0.39 is 35.6 Å². The fraction of sp³-hybridized carbons (Fsp3) is 0.875. The van der Waals surface area contributed by atoms with Crippen LogP contribution in [0.2, 0.25) is 0 Å². The van der Waals surface area contributed by atoms with Crippen molar-refractivity contribution in [1.82, 2.24) is 0 Å². The number of hydrogen-bond acceptors (Lipinski definition) is 10. The average Bonchev–Trinajstić information content (AvgIpc) is 3.92.